The average molecular weight is 457 g/mol. The zero-order valence-electron chi connectivity index (χ0n) is 17.8. The molecule has 1 saturated heterocycles. The highest BCUT2D eigenvalue weighted by Gasteiger charge is 2.25. The number of sulfone groups is 1. The minimum Gasteiger partial charge on any atom is -0.478 e. The van der Waals surface area contributed by atoms with E-state index in [-0.39, 0.29) is 41.6 Å². The van der Waals surface area contributed by atoms with E-state index in [0.717, 1.165) is 5.56 Å². The lowest BCUT2D eigenvalue weighted by Gasteiger charge is -2.27. The van der Waals surface area contributed by atoms with Gasteiger partial charge in [0.1, 0.15) is 5.58 Å². The van der Waals surface area contributed by atoms with E-state index >= 15 is 0 Å². The van der Waals surface area contributed by atoms with Gasteiger partial charge in [0, 0.05) is 30.4 Å². The molecule has 2 N–H and O–H groups in total. The number of para-hydroxylation sites is 1. The van der Waals surface area contributed by atoms with E-state index in [1.54, 1.807) is 29.2 Å². The van der Waals surface area contributed by atoms with Gasteiger partial charge in [-0.15, -0.1) is 0 Å². The van der Waals surface area contributed by atoms with E-state index in [0.29, 0.717) is 28.1 Å². The third-order valence-electron chi connectivity index (χ3n) is 5.64. The zero-order valence-corrected chi connectivity index (χ0v) is 18.6. The topological polar surface area (TPSA) is 117 Å². The summed E-state index contributed by atoms with van der Waals surface area (Å²) < 4.78 is 29.7. The molecule has 2 aromatic carbocycles. The number of hydrogen-bond donors (Lipinski definition) is 2. The van der Waals surface area contributed by atoms with Crippen molar-refractivity contribution in [3.05, 3.63) is 69.4 Å². The number of rotatable bonds is 5. The van der Waals surface area contributed by atoms with Crippen LogP contribution in [0.5, 0.6) is 0 Å². The number of carboxylic acids is 1. The summed E-state index contributed by atoms with van der Waals surface area (Å²) >= 11 is 0. The Balaban J connectivity index is 1.76. The molecular formula is C23H24N2O6S. The van der Waals surface area contributed by atoms with Crippen molar-refractivity contribution >= 4 is 38.3 Å². The Morgan fingerprint density at radius 1 is 1.16 bits per heavy atom. The quantitative estimate of drug-likeness (QED) is 0.601. The monoisotopic (exact) mass is 456 g/mol. The molecule has 9 heteroatoms. The second kappa shape index (κ2) is 8.31. The second-order valence-electron chi connectivity index (χ2n) is 8.04. The molecule has 0 amide bonds. The zero-order chi connectivity index (χ0) is 23.0. The Labute approximate surface area is 185 Å². The van der Waals surface area contributed by atoms with Gasteiger partial charge >= 0.3 is 5.97 Å². The number of aromatic carboxylic acids is 1. The number of nitrogens with zero attached hydrogens (tertiary/aromatic N) is 1. The van der Waals surface area contributed by atoms with Crippen molar-refractivity contribution in [2.45, 2.75) is 19.9 Å². The predicted molar refractivity (Wildman–Crippen MR) is 124 cm³/mol. The van der Waals surface area contributed by atoms with Gasteiger partial charge in [-0.25, -0.2) is 13.2 Å². The van der Waals surface area contributed by atoms with Gasteiger partial charge in [-0.1, -0.05) is 18.2 Å². The predicted octanol–water partition coefficient (Wildman–Crippen LogP) is 3.21. The van der Waals surface area contributed by atoms with Crippen LogP contribution in [0.1, 0.15) is 34.5 Å². The summed E-state index contributed by atoms with van der Waals surface area (Å²) in [5.41, 5.74) is 2.38. The lowest BCUT2D eigenvalue weighted by Crippen LogP contribution is -2.40. The molecule has 8 nitrogen and oxygen atoms in total. The first-order chi connectivity index (χ1) is 15.1. The number of fused-ring (bicyclic) bond motifs is 1. The molecule has 168 valence electrons. The van der Waals surface area contributed by atoms with E-state index in [9.17, 15) is 23.1 Å². The molecule has 1 aromatic heterocycles. The lowest BCUT2D eigenvalue weighted by molar-refractivity contribution is 0.0698. The number of nitrogens with one attached hydrogen (secondary N) is 1. The van der Waals surface area contributed by atoms with Crippen LogP contribution in [-0.4, -0.2) is 44.1 Å². The van der Waals surface area contributed by atoms with Gasteiger partial charge in [0.15, 0.2) is 21.2 Å². The van der Waals surface area contributed by atoms with E-state index < -0.39 is 15.8 Å². The molecule has 3 aromatic rings. The van der Waals surface area contributed by atoms with Crippen LogP contribution in [0.25, 0.3) is 11.0 Å². The van der Waals surface area contributed by atoms with Gasteiger partial charge in [0.05, 0.1) is 28.5 Å². The molecule has 0 radical (unpaired) electrons. The molecule has 1 aliphatic heterocycles. The molecule has 0 aliphatic carbocycles. The molecule has 1 fully saturated rings. The Morgan fingerprint density at radius 2 is 1.84 bits per heavy atom. The third-order valence-corrected chi connectivity index (χ3v) is 7.25. The highest BCUT2D eigenvalue weighted by Crippen LogP contribution is 2.31. The van der Waals surface area contributed by atoms with Crippen LogP contribution in [0.3, 0.4) is 0 Å². The molecule has 1 atom stereocenters. The number of anilines is 2. The maximum Gasteiger partial charge on any atom is 0.337 e. The molecule has 2 heterocycles. The summed E-state index contributed by atoms with van der Waals surface area (Å²) in [4.78, 5) is 26.2. The SMILES string of the molecule is Cc1cc([C@@H](C)Nc2ccccc2C(=O)O)c2oc(N3CCS(=O)(=O)CC3)cc(=O)c2c1. The van der Waals surface area contributed by atoms with Gasteiger partial charge in [0.2, 0.25) is 0 Å². The van der Waals surface area contributed by atoms with E-state index in [2.05, 4.69) is 5.32 Å². The minimum atomic E-state index is -3.07. The first-order valence-electron chi connectivity index (χ1n) is 10.3. The third kappa shape index (κ3) is 4.34. The number of aryl methyl sites for hydroxylation is 1. The second-order valence-corrected chi connectivity index (χ2v) is 10.3. The molecule has 0 saturated carbocycles. The van der Waals surface area contributed by atoms with Crippen molar-refractivity contribution in [1.82, 2.24) is 0 Å². The molecular weight excluding hydrogens is 432 g/mol. The van der Waals surface area contributed by atoms with E-state index in [1.807, 2.05) is 19.9 Å². The lowest BCUT2D eigenvalue weighted by atomic mass is 10.0. The molecule has 0 spiro atoms. The van der Waals surface area contributed by atoms with Crippen molar-refractivity contribution in [2.24, 2.45) is 0 Å². The summed E-state index contributed by atoms with van der Waals surface area (Å²) in [6.07, 6.45) is 0. The number of carbonyl (C=O) groups is 1. The fourth-order valence-corrected chi connectivity index (χ4v) is 5.14. The maximum atomic E-state index is 12.9. The Bertz CT molecular complexity index is 1350. The van der Waals surface area contributed by atoms with Crippen molar-refractivity contribution in [2.75, 3.05) is 34.8 Å². The first-order valence-corrected chi connectivity index (χ1v) is 12.1. The van der Waals surface area contributed by atoms with Crippen LogP contribution in [0.2, 0.25) is 0 Å². The van der Waals surface area contributed by atoms with Crippen molar-refractivity contribution < 1.29 is 22.7 Å². The Hall–Kier alpha value is -3.33. The maximum absolute atomic E-state index is 12.9. The summed E-state index contributed by atoms with van der Waals surface area (Å²) in [7, 11) is -3.07. The summed E-state index contributed by atoms with van der Waals surface area (Å²) in [5, 5.41) is 13.1. The van der Waals surface area contributed by atoms with Crippen LogP contribution in [-0.2, 0) is 9.84 Å². The fraction of sp³-hybridized carbons (Fsp3) is 0.304. The average Bonchev–Trinajstić information content (AvgIpc) is 2.74. The van der Waals surface area contributed by atoms with Crippen molar-refractivity contribution in [1.29, 1.82) is 0 Å². The molecule has 4 rings (SSSR count). The van der Waals surface area contributed by atoms with Gasteiger partial charge in [-0.05, 0) is 37.6 Å². The summed E-state index contributed by atoms with van der Waals surface area (Å²) in [6.45, 7) is 4.27. The Morgan fingerprint density at radius 3 is 2.53 bits per heavy atom. The number of carboxylic acid groups (broad SMARTS) is 1. The number of benzene rings is 2. The summed E-state index contributed by atoms with van der Waals surface area (Å²) in [6, 6.07) is 11.3. The Kier molecular flexibility index (Phi) is 5.68. The van der Waals surface area contributed by atoms with Gasteiger partial charge in [-0.2, -0.15) is 0 Å². The normalized spacial score (nSPS) is 16.6. The first kappa shape index (κ1) is 21.9. The highest BCUT2D eigenvalue weighted by molar-refractivity contribution is 7.91. The smallest absolute Gasteiger partial charge is 0.337 e. The van der Waals surface area contributed by atoms with Crippen molar-refractivity contribution in [3.8, 4) is 0 Å². The van der Waals surface area contributed by atoms with Crippen LogP contribution in [0.4, 0.5) is 11.6 Å². The summed E-state index contributed by atoms with van der Waals surface area (Å²) in [5.74, 6) is -0.678. The highest BCUT2D eigenvalue weighted by atomic mass is 32.2. The van der Waals surface area contributed by atoms with Crippen LogP contribution >= 0.6 is 0 Å². The fourth-order valence-electron chi connectivity index (χ4n) is 3.94. The molecule has 1 aliphatic rings. The standard InChI is InChI=1S/C23H24N2O6S/c1-14-11-17(15(2)24-19-6-4-3-5-16(19)23(27)28)22-18(12-14)20(26)13-21(31-22)25-7-9-32(29,30)10-8-25/h3-6,11-13,15,24H,7-10H2,1-2H3,(H,27,28)/t15-/m1/s1. The van der Waals surface area contributed by atoms with Crippen LogP contribution in [0.15, 0.2) is 51.7 Å². The molecule has 0 unspecified atom stereocenters. The molecule has 0 bridgehead atoms. The van der Waals surface area contributed by atoms with Crippen LogP contribution in [0, 0.1) is 6.92 Å². The van der Waals surface area contributed by atoms with Gasteiger partial charge in [-0.3, -0.25) is 4.79 Å². The van der Waals surface area contributed by atoms with Crippen LogP contribution < -0.4 is 15.6 Å². The molecule has 32 heavy (non-hydrogen) atoms. The number of hydrogen-bond acceptors (Lipinski definition) is 7. The largest absolute Gasteiger partial charge is 0.478 e. The van der Waals surface area contributed by atoms with Gasteiger partial charge < -0.3 is 19.7 Å². The van der Waals surface area contributed by atoms with Crippen molar-refractivity contribution in [3.63, 3.8) is 0 Å². The minimum absolute atomic E-state index is 0.0133. The van der Waals surface area contributed by atoms with E-state index in [4.69, 9.17) is 4.42 Å². The van der Waals surface area contributed by atoms with E-state index in [1.165, 1.54) is 12.1 Å². The van der Waals surface area contributed by atoms with Gasteiger partial charge in [0.25, 0.3) is 0 Å².